The fraction of sp³-hybridized carbons (Fsp3) is 0.350. The van der Waals surface area contributed by atoms with Gasteiger partial charge in [-0.05, 0) is 17.7 Å². The van der Waals surface area contributed by atoms with Crippen molar-refractivity contribution in [3.05, 3.63) is 65.7 Å². The van der Waals surface area contributed by atoms with Crippen molar-refractivity contribution in [2.45, 2.75) is 26.4 Å². The van der Waals surface area contributed by atoms with Gasteiger partial charge in [0.05, 0.1) is 7.11 Å². The van der Waals surface area contributed by atoms with Crippen molar-refractivity contribution in [2.24, 2.45) is 5.92 Å². The number of benzene rings is 2. The molecule has 0 fully saturated rings. The Kier molecular flexibility index (Phi) is 6.82. The highest BCUT2D eigenvalue weighted by molar-refractivity contribution is 5.76. The number of methoxy groups -OCH3 is 1. The second-order valence-electron chi connectivity index (χ2n) is 6.25. The van der Waals surface area contributed by atoms with Gasteiger partial charge in [-0.3, -0.25) is 4.79 Å². The summed E-state index contributed by atoms with van der Waals surface area (Å²) in [6.45, 7) is 5.33. The summed E-state index contributed by atoms with van der Waals surface area (Å²) in [6, 6.07) is 18.4. The first-order chi connectivity index (χ1) is 11.6. The molecule has 0 saturated carbocycles. The van der Waals surface area contributed by atoms with Crippen LogP contribution >= 0.6 is 0 Å². The number of quaternary nitrogens is 1. The van der Waals surface area contributed by atoms with E-state index >= 15 is 0 Å². The molecule has 0 aliphatic carbocycles. The zero-order chi connectivity index (χ0) is 17.4. The average molecular weight is 327 g/mol. The molecule has 0 aliphatic rings. The Bertz CT molecular complexity index is 624. The van der Waals surface area contributed by atoms with Gasteiger partial charge < -0.3 is 15.4 Å². The number of carbonyl (C=O) groups is 1. The summed E-state index contributed by atoms with van der Waals surface area (Å²) in [7, 11) is 1.64. The Morgan fingerprint density at radius 2 is 1.75 bits per heavy atom. The van der Waals surface area contributed by atoms with Crippen LogP contribution in [0.25, 0.3) is 0 Å². The van der Waals surface area contributed by atoms with Crippen molar-refractivity contribution in [1.82, 2.24) is 5.32 Å². The van der Waals surface area contributed by atoms with Gasteiger partial charge in [-0.25, -0.2) is 0 Å². The molecule has 2 aromatic carbocycles. The maximum Gasteiger partial charge on any atom is 0.275 e. The Morgan fingerprint density at radius 3 is 2.33 bits per heavy atom. The molecule has 0 unspecified atom stereocenters. The van der Waals surface area contributed by atoms with Gasteiger partial charge in [-0.2, -0.15) is 0 Å². The van der Waals surface area contributed by atoms with E-state index in [1.165, 1.54) is 5.56 Å². The molecule has 4 heteroatoms. The molecule has 1 atom stereocenters. The third-order valence-corrected chi connectivity index (χ3v) is 4.11. The molecule has 0 saturated heterocycles. The third kappa shape index (κ3) is 5.39. The van der Waals surface area contributed by atoms with Gasteiger partial charge in [0.1, 0.15) is 11.8 Å². The normalized spacial score (nSPS) is 12.0. The summed E-state index contributed by atoms with van der Waals surface area (Å²) >= 11 is 0. The number of hydrogen-bond donors (Lipinski definition) is 2. The lowest BCUT2D eigenvalue weighted by Gasteiger charge is -2.19. The van der Waals surface area contributed by atoms with Crippen LogP contribution in [0.3, 0.4) is 0 Å². The summed E-state index contributed by atoms with van der Waals surface area (Å²) in [5.74, 6) is 1.33. The second kappa shape index (κ2) is 9.08. The molecular formula is C20H27N2O2+. The maximum absolute atomic E-state index is 12.1. The molecule has 0 bridgehead atoms. The fourth-order valence-corrected chi connectivity index (χ4v) is 2.72. The van der Waals surface area contributed by atoms with E-state index in [2.05, 4.69) is 36.6 Å². The largest absolute Gasteiger partial charge is 0.497 e. The Labute approximate surface area is 144 Å². The topological polar surface area (TPSA) is 54.9 Å². The monoisotopic (exact) mass is 327 g/mol. The van der Waals surface area contributed by atoms with E-state index in [0.29, 0.717) is 19.0 Å². The predicted octanol–water partition coefficient (Wildman–Crippen LogP) is 2.27. The molecule has 24 heavy (non-hydrogen) atoms. The van der Waals surface area contributed by atoms with Crippen molar-refractivity contribution in [2.75, 3.05) is 13.7 Å². The van der Waals surface area contributed by atoms with E-state index in [1.807, 2.05) is 42.5 Å². The molecule has 0 radical (unpaired) electrons. The minimum atomic E-state index is 0.0485. The summed E-state index contributed by atoms with van der Waals surface area (Å²) in [4.78, 5) is 12.1. The number of ether oxygens (including phenoxy) is 1. The standard InChI is InChI=1S/C20H26N2O2/c1-15(2)20(17-7-5-4-6-8-17)22-14-19(23)21-13-16-9-11-18(24-3)12-10-16/h4-12,15,20,22H,13-14H2,1-3H3,(H,21,23)/p+1/t20-/m0/s1. The highest BCUT2D eigenvalue weighted by Crippen LogP contribution is 2.16. The smallest absolute Gasteiger partial charge is 0.275 e. The molecule has 0 heterocycles. The van der Waals surface area contributed by atoms with E-state index < -0.39 is 0 Å². The van der Waals surface area contributed by atoms with Crippen molar-refractivity contribution in [3.8, 4) is 5.75 Å². The fourth-order valence-electron chi connectivity index (χ4n) is 2.72. The van der Waals surface area contributed by atoms with Crippen molar-refractivity contribution < 1.29 is 14.8 Å². The van der Waals surface area contributed by atoms with Crippen LogP contribution in [0.15, 0.2) is 54.6 Å². The first-order valence-corrected chi connectivity index (χ1v) is 8.38. The molecule has 0 aromatic heterocycles. The van der Waals surface area contributed by atoms with Crippen LogP contribution in [0.1, 0.15) is 31.0 Å². The lowest BCUT2D eigenvalue weighted by Crippen LogP contribution is -2.88. The molecule has 3 N–H and O–H groups in total. The van der Waals surface area contributed by atoms with Gasteiger partial charge in [-0.1, -0.05) is 56.3 Å². The molecule has 0 aliphatic heterocycles. The van der Waals surface area contributed by atoms with E-state index in [0.717, 1.165) is 11.3 Å². The Balaban J connectivity index is 1.82. The summed E-state index contributed by atoms with van der Waals surface area (Å²) < 4.78 is 5.13. The van der Waals surface area contributed by atoms with Crippen LogP contribution in [0.5, 0.6) is 5.75 Å². The SMILES string of the molecule is COc1ccc(CNC(=O)C[NH2+][C@H](c2ccccc2)C(C)C)cc1. The highest BCUT2D eigenvalue weighted by Gasteiger charge is 2.19. The van der Waals surface area contributed by atoms with Gasteiger partial charge in [0, 0.05) is 18.0 Å². The molecule has 4 nitrogen and oxygen atoms in total. The molecule has 1 amide bonds. The number of hydrogen-bond acceptors (Lipinski definition) is 2. The molecular weight excluding hydrogens is 300 g/mol. The summed E-state index contributed by atoms with van der Waals surface area (Å²) in [5, 5.41) is 5.09. The number of amides is 1. The first kappa shape index (κ1) is 18.0. The maximum atomic E-state index is 12.1. The number of nitrogens with two attached hydrogens (primary N) is 1. The van der Waals surface area contributed by atoms with E-state index in [4.69, 9.17) is 4.74 Å². The van der Waals surface area contributed by atoms with Crippen LogP contribution in [-0.2, 0) is 11.3 Å². The lowest BCUT2D eigenvalue weighted by molar-refractivity contribution is -0.692. The first-order valence-electron chi connectivity index (χ1n) is 8.38. The number of nitrogens with one attached hydrogen (secondary N) is 1. The molecule has 128 valence electrons. The van der Waals surface area contributed by atoms with Crippen LogP contribution in [0.4, 0.5) is 0 Å². The second-order valence-corrected chi connectivity index (χ2v) is 6.25. The number of carbonyl (C=O) groups excluding carboxylic acids is 1. The van der Waals surface area contributed by atoms with Crippen molar-refractivity contribution in [1.29, 1.82) is 0 Å². The Hall–Kier alpha value is -2.33. The van der Waals surface area contributed by atoms with E-state index in [9.17, 15) is 4.79 Å². The Morgan fingerprint density at radius 1 is 1.08 bits per heavy atom. The van der Waals surface area contributed by atoms with Gasteiger partial charge >= 0.3 is 0 Å². The van der Waals surface area contributed by atoms with Crippen LogP contribution in [0.2, 0.25) is 0 Å². The van der Waals surface area contributed by atoms with Gasteiger partial charge in [-0.15, -0.1) is 0 Å². The van der Waals surface area contributed by atoms with Gasteiger partial charge in [0.2, 0.25) is 0 Å². The average Bonchev–Trinajstić information content (AvgIpc) is 2.61. The minimum Gasteiger partial charge on any atom is -0.497 e. The van der Waals surface area contributed by atoms with Crippen LogP contribution in [0, 0.1) is 5.92 Å². The molecule has 0 spiro atoms. The van der Waals surface area contributed by atoms with E-state index in [-0.39, 0.29) is 11.9 Å². The zero-order valence-corrected chi connectivity index (χ0v) is 14.7. The summed E-state index contributed by atoms with van der Waals surface area (Å²) in [6.07, 6.45) is 0. The quantitative estimate of drug-likeness (QED) is 0.781. The van der Waals surface area contributed by atoms with Crippen molar-refractivity contribution >= 4 is 5.91 Å². The molecule has 2 aromatic rings. The number of rotatable bonds is 8. The lowest BCUT2D eigenvalue weighted by atomic mass is 9.96. The highest BCUT2D eigenvalue weighted by atomic mass is 16.5. The van der Waals surface area contributed by atoms with Crippen LogP contribution in [-0.4, -0.2) is 19.6 Å². The predicted molar refractivity (Wildman–Crippen MR) is 95.7 cm³/mol. The van der Waals surface area contributed by atoms with Crippen molar-refractivity contribution in [3.63, 3.8) is 0 Å². The molecule has 2 rings (SSSR count). The zero-order valence-electron chi connectivity index (χ0n) is 14.7. The minimum absolute atomic E-state index is 0.0485. The third-order valence-electron chi connectivity index (χ3n) is 4.11. The van der Waals surface area contributed by atoms with Gasteiger partial charge in [0.25, 0.3) is 5.91 Å². The van der Waals surface area contributed by atoms with Crippen LogP contribution < -0.4 is 15.4 Å². The van der Waals surface area contributed by atoms with E-state index in [1.54, 1.807) is 7.11 Å². The summed E-state index contributed by atoms with van der Waals surface area (Å²) in [5.41, 5.74) is 2.32. The van der Waals surface area contributed by atoms with Gasteiger partial charge in [0.15, 0.2) is 6.54 Å².